The van der Waals surface area contributed by atoms with Crippen LogP contribution in [0.15, 0.2) is 12.1 Å². The van der Waals surface area contributed by atoms with Crippen molar-refractivity contribution in [1.29, 1.82) is 0 Å². The maximum Gasteiger partial charge on any atom is 0.300 e. The van der Waals surface area contributed by atoms with Crippen LogP contribution in [0.1, 0.15) is 15.9 Å². The van der Waals surface area contributed by atoms with Gasteiger partial charge in [-0.1, -0.05) is 6.07 Å². The second kappa shape index (κ2) is 3.77. The van der Waals surface area contributed by atoms with Gasteiger partial charge in [0.05, 0.1) is 5.56 Å². The van der Waals surface area contributed by atoms with Crippen molar-refractivity contribution in [1.82, 2.24) is 0 Å². The molecule has 0 unspecified atom stereocenters. The Labute approximate surface area is 77.3 Å². The molecule has 76 valence electrons. The number of aryl methyl sites for hydroxylation is 1. The molecule has 5 heteroatoms. The summed E-state index contributed by atoms with van der Waals surface area (Å²) in [6.45, 7) is 1.26. The molecule has 1 rings (SSSR count). The Kier molecular flexibility index (Phi) is 2.88. The van der Waals surface area contributed by atoms with Crippen LogP contribution in [0.5, 0.6) is 0 Å². The molecule has 0 aliphatic rings. The molecule has 1 nitrogen and oxygen atoms in total. The first-order valence-corrected chi connectivity index (χ1v) is 3.72. The number of hydrogen-bond acceptors (Lipinski definition) is 1. The molecule has 0 atom stereocenters. The zero-order chi connectivity index (χ0) is 10.9. The van der Waals surface area contributed by atoms with Crippen molar-refractivity contribution in [3.8, 4) is 0 Å². The van der Waals surface area contributed by atoms with Crippen molar-refractivity contribution >= 4 is 5.78 Å². The van der Waals surface area contributed by atoms with Crippen molar-refractivity contribution in [3.63, 3.8) is 0 Å². The van der Waals surface area contributed by atoms with Gasteiger partial charge in [0.1, 0.15) is 11.6 Å². The molecule has 14 heavy (non-hydrogen) atoms. The highest BCUT2D eigenvalue weighted by Gasteiger charge is 2.25. The number of carbonyl (C=O) groups is 1. The van der Waals surface area contributed by atoms with Gasteiger partial charge < -0.3 is 0 Å². The van der Waals surface area contributed by atoms with Gasteiger partial charge in [-0.2, -0.15) is 0 Å². The monoisotopic (exact) mass is 206 g/mol. The van der Waals surface area contributed by atoms with Gasteiger partial charge in [-0.15, -0.1) is 0 Å². The second-order valence-electron chi connectivity index (χ2n) is 2.72. The topological polar surface area (TPSA) is 17.1 Å². The highest BCUT2D eigenvalue weighted by molar-refractivity contribution is 5.99. The predicted molar refractivity (Wildman–Crippen MR) is 41.4 cm³/mol. The molecule has 0 N–H and O–H groups in total. The third kappa shape index (κ3) is 1.76. The van der Waals surface area contributed by atoms with Gasteiger partial charge in [-0.25, -0.2) is 17.6 Å². The Morgan fingerprint density at radius 3 is 2.36 bits per heavy atom. The molecule has 0 saturated carbocycles. The Bertz CT molecular complexity index is 373. The first kappa shape index (κ1) is 10.7. The number of carbonyl (C=O) groups excluding carboxylic acids is 1. The lowest BCUT2D eigenvalue weighted by Gasteiger charge is -2.05. The van der Waals surface area contributed by atoms with E-state index in [0.29, 0.717) is 0 Å². The van der Waals surface area contributed by atoms with Crippen LogP contribution in [-0.4, -0.2) is 12.2 Å². The molecule has 1 aromatic rings. The number of halogens is 4. The third-order valence-electron chi connectivity index (χ3n) is 1.73. The largest absolute Gasteiger partial charge is 0.300 e. The fourth-order valence-electron chi connectivity index (χ4n) is 0.992. The summed E-state index contributed by atoms with van der Waals surface area (Å²) in [5.41, 5.74) is -1.21. The molecule has 0 radical (unpaired) electrons. The van der Waals surface area contributed by atoms with E-state index < -0.39 is 29.4 Å². The Hall–Kier alpha value is -1.39. The predicted octanol–water partition coefficient (Wildman–Crippen LogP) is 2.72. The minimum Gasteiger partial charge on any atom is -0.287 e. The summed E-state index contributed by atoms with van der Waals surface area (Å²) in [6.07, 6.45) is -3.40. The average molecular weight is 206 g/mol. The van der Waals surface area contributed by atoms with Crippen molar-refractivity contribution < 1.29 is 22.4 Å². The summed E-state index contributed by atoms with van der Waals surface area (Å²) in [7, 11) is 0. The highest BCUT2D eigenvalue weighted by atomic mass is 19.3. The van der Waals surface area contributed by atoms with E-state index in [1.54, 1.807) is 0 Å². The quantitative estimate of drug-likeness (QED) is 0.537. The van der Waals surface area contributed by atoms with Crippen molar-refractivity contribution in [2.45, 2.75) is 13.3 Å². The van der Waals surface area contributed by atoms with Crippen LogP contribution in [0, 0.1) is 18.6 Å². The van der Waals surface area contributed by atoms with Crippen LogP contribution in [0.4, 0.5) is 17.6 Å². The van der Waals surface area contributed by atoms with E-state index in [0.717, 1.165) is 12.1 Å². The summed E-state index contributed by atoms with van der Waals surface area (Å²) in [4.78, 5) is 10.7. The lowest BCUT2D eigenvalue weighted by Crippen LogP contribution is -2.15. The molecule has 0 aliphatic heterocycles. The first-order valence-electron chi connectivity index (χ1n) is 3.72. The lowest BCUT2D eigenvalue weighted by molar-refractivity contribution is 0.0669. The van der Waals surface area contributed by atoms with Crippen molar-refractivity contribution in [2.24, 2.45) is 0 Å². The maximum absolute atomic E-state index is 13.1. The van der Waals surface area contributed by atoms with Gasteiger partial charge in [0.25, 0.3) is 0 Å². The van der Waals surface area contributed by atoms with E-state index in [4.69, 9.17) is 0 Å². The van der Waals surface area contributed by atoms with Gasteiger partial charge in [-0.05, 0) is 18.6 Å². The standard InChI is InChI=1S/C9H6F4O/c1-4-2-3-5(10)6(7(4)11)8(14)9(12)13/h2-3,9H,1H3. The van der Waals surface area contributed by atoms with Gasteiger partial charge >= 0.3 is 6.43 Å². The van der Waals surface area contributed by atoms with Crippen molar-refractivity contribution in [3.05, 3.63) is 34.9 Å². The summed E-state index contributed by atoms with van der Waals surface area (Å²) < 4.78 is 49.8. The number of benzene rings is 1. The van der Waals surface area contributed by atoms with Crippen LogP contribution in [0.2, 0.25) is 0 Å². The van der Waals surface area contributed by atoms with Crippen LogP contribution in [0.3, 0.4) is 0 Å². The Morgan fingerprint density at radius 2 is 1.86 bits per heavy atom. The smallest absolute Gasteiger partial charge is 0.287 e. The van der Waals surface area contributed by atoms with Gasteiger partial charge in [0.2, 0.25) is 5.78 Å². The molecule has 0 amide bonds. The SMILES string of the molecule is Cc1ccc(F)c(C(=O)C(F)F)c1F. The second-order valence-corrected chi connectivity index (χ2v) is 2.72. The number of ketones is 1. The number of Topliss-reactive ketones (excluding diaryl/α,β-unsaturated/α-hetero) is 1. The third-order valence-corrected chi connectivity index (χ3v) is 1.73. The lowest BCUT2D eigenvalue weighted by atomic mass is 10.1. The van der Waals surface area contributed by atoms with E-state index in [-0.39, 0.29) is 5.56 Å². The molecular weight excluding hydrogens is 200 g/mol. The zero-order valence-corrected chi connectivity index (χ0v) is 7.15. The molecule has 1 aromatic carbocycles. The molecule has 0 saturated heterocycles. The van der Waals surface area contributed by atoms with E-state index in [1.165, 1.54) is 6.92 Å². The Balaban J connectivity index is 3.33. The number of alkyl halides is 2. The van der Waals surface area contributed by atoms with E-state index in [9.17, 15) is 22.4 Å². The van der Waals surface area contributed by atoms with Gasteiger partial charge in [0.15, 0.2) is 0 Å². The molecular formula is C9H6F4O. The van der Waals surface area contributed by atoms with E-state index in [1.807, 2.05) is 0 Å². The fourth-order valence-corrected chi connectivity index (χ4v) is 0.992. The number of hydrogen-bond donors (Lipinski definition) is 0. The van der Waals surface area contributed by atoms with Crippen LogP contribution in [-0.2, 0) is 0 Å². The van der Waals surface area contributed by atoms with Gasteiger partial charge in [-0.3, -0.25) is 4.79 Å². The van der Waals surface area contributed by atoms with E-state index >= 15 is 0 Å². The molecule has 0 aromatic heterocycles. The van der Waals surface area contributed by atoms with E-state index in [2.05, 4.69) is 0 Å². The van der Waals surface area contributed by atoms with Crippen LogP contribution in [0.25, 0.3) is 0 Å². The Morgan fingerprint density at radius 1 is 1.29 bits per heavy atom. The summed E-state index contributed by atoms with van der Waals surface area (Å²) in [5.74, 6) is -4.32. The normalized spacial score (nSPS) is 10.7. The maximum atomic E-state index is 13.1. The minimum atomic E-state index is -3.40. The molecule has 0 fully saturated rings. The molecule has 0 heterocycles. The van der Waals surface area contributed by atoms with Crippen LogP contribution >= 0.6 is 0 Å². The molecule has 0 spiro atoms. The first-order chi connectivity index (χ1) is 6.45. The fraction of sp³-hybridized carbons (Fsp3) is 0.222. The summed E-state index contributed by atoms with van der Waals surface area (Å²) in [5, 5.41) is 0. The van der Waals surface area contributed by atoms with Crippen molar-refractivity contribution in [2.75, 3.05) is 0 Å². The summed E-state index contributed by atoms with van der Waals surface area (Å²) in [6, 6.07) is 1.86. The van der Waals surface area contributed by atoms with Crippen LogP contribution < -0.4 is 0 Å². The number of rotatable bonds is 2. The average Bonchev–Trinajstić information content (AvgIpc) is 2.12. The summed E-state index contributed by atoms with van der Waals surface area (Å²) >= 11 is 0. The van der Waals surface area contributed by atoms with Gasteiger partial charge in [0, 0.05) is 0 Å². The minimum absolute atomic E-state index is 0.0459. The zero-order valence-electron chi connectivity index (χ0n) is 7.15. The molecule has 0 aliphatic carbocycles. The molecule has 0 bridgehead atoms. The highest BCUT2D eigenvalue weighted by Crippen LogP contribution is 2.19.